The van der Waals surface area contributed by atoms with Gasteiger partial charge in [-0.2, -0.15) is 0 Å². The fourth-order valence-corrected chi connectivity index (χ4v) is 1.93. The summed E-state index contributed by atoms with van der Waals surface area (Å²) in [6.07, 6.45) is 1.18. The Morgan fingerprint density at radius 3 is 2.70 bits per heavy atom. The highest BCUT2D eigenvalue weighted by Crippen LogP contribution is 2.17. The lowest BCUT2D eigenvalue weighted by molar-refractivity contribution is 0.420. The van der Waals surface area contributed by atoms with Gasteiger partial charge in [0, 0.05) is 12.8 Å². The molecule has 122 valence electrons. The quantitative estimate of drug-likeness (QED) is 0.778. The number of rotatable bonds is 5. The van der Waals surface area contributed by atoms with Crippen LogP contribution in [0, 0.1) is 5.82 Å². The second kappa shape index (κ2) is 7.01. The lowest BCUT2D eigenvalue weighted by Crippen LogP contribution is -2.31. The van der Waals surface area contributed by atoms with E-state index in [-0.39, 0.29) is 11.3 Å². The van der Waals surface area contributed by atoms with Crippen LogP contribution in [-0.4, -0.2) is 53.0 Å². The number of nitrogens with one attached hydrogen (secondary N) is 1. The molecule has 8 heteroatoms. The van der Waals surface area contributed by atoms with Crippen LogP contribution in [0.5, 0.6) is 5.88 Å². The third-order valence-electron chi connectivity index (χ3n) is 3.11. The number of hydrogen-bond acceptors (Lipinski definition) is 5. The number of nitrogens with zero attached hydrogens (tertiary/aromatic N) is 3. The van der Waals surface area contributed by atoms with Gasteiger partial charge in [-0.15, -0.1) is 0 Å². The van der Waals surface area contributed by atoms with E-state index in [9.17, 15) is 19.1 Å². The van der Waals surface area contributed by atoms with Gasteiger partial charge >= 0.3 is 5.69 Å². The van der Waals surface area contributed by atoms with Crippen LogP contribution in [0.25, 0.3) is 5.69 Å². The van der Waals surface area contributed by atoms with Crippen molar-refractivity contribution in [1.82, 2.24) is 14.5 Å². The van der Waals surface area contributed by atoms with E-state index >= 15 is 0 Å². The number of halogens is 1. The summed E-state index contributed by atoms with van der Waals surface area (Å²) in [5, 5.41) is 10.2. The van der Waals surface area contributed by atoms with Gasteiger partial charge in [-0.1, -0.05) is 12.1 Å². The fraction of sp³-hybridized carbons (Fsp3) is 0.267. The number of para-hydroxylation sites is 1. The maximum atomic E-state index is 13.9. The first kappa shape index (κ1) is 16.6. The van der Waals surface area contributed by atoms with Crippen LogP contribution in [-0.2, 0) is 0 Å². The Hall–Kier alpha value is -2.74. The van der Waals surface area contributed by atoms with Crippen molar-refractivity contribution in [3.63, 3.8) is 0 Å². The molecule has 0 saturated heterocycles. The Balaban J connectivity index is 2.50. The number of aromatic amines is 1. The third-order valence-corrected chi connectivity index (χ3v) is 3.11. The number of likely N-dealkylation sites (N-methyl/N-ethyl adjacent to an activating group) is 1. The molecule has 1 aromatic carbocycles. The number of aliphatic imine (C=N–C) groups is 1. The molecule has 0 aliphatic carbocycles. The zero-order valence-electron chi connectivity index (χ0n) is 12.8. The van der Waals surface area contributed by atoms with E-state index in [1.807, 2.05) is 24.0 Å². The summed E-state index contributed by atoms with van der Waals surface area (Å²) in [7, 11) is 3.75. The molecule has 2 aromatic rings. The molecule has 0 atom stereocenters. The summed E-state index contributed by atoms with van der Waals surface area (Å²) in [6.45, 7) is 1.06. The van der Waals surface area contributed by atoms with Crippen LogP contribution in [0.15, 0.2) is 38.8 Å². The Kier molecular flexibility index (Phi) is 5.07. The van der Waals surface area contributed by atoms with Gasteiger partial charge in [0.15, 0.2) is 0 Å². The smallest absolute Gasteiger partial charge is 0.335 e. The van der Waals surface area contributed by atoms with Gasteiger partial charge in [0.05, 0.1) is 12.2 Å². The molecule has 0 bridgehead atoms. The maximum Gasteiger partial charge on any atom is 0.335 e. The molecule has 1 heterocycles. The van der Waals surface area contributed by atoms with Crippen molar-refractivity contribution in [2.75, 3.05) is 27.2 Å². The first-order valence-electron chi connectivity index (χ1n) is 6.89. The molecule has 7 nitrogen and oxygen atoms in total. The normalized spacial score (nSPS) is 11.5. The van der Waals surface area contributed by atoms with E-state index < -0.39 is 22.9 Å². The van der Waals surface area contributed by atoms with Crippen LogP contribution in [0.2, 0.25) is 0 Å². The van der Waals surface area contributed by atoms with E-state index in [1.165, 1.54) is 24.4 Å². The van der Waals surface area contributed by atoms with Crippen LogP contribution >= 0.6 is 0 Å². The fourth-order valence-electron chi connectivity index (χ4n) is 1.93. The van der Waals surface area contributed by atoms with Crippen molar-refractivity contribution >= 4 is 6.21 Å². The van der Waals surface area contributed by atoms with Gasteiger partial charge in [0.25, 0.3) is 5.56 Å². The number of aromatic hydroxyl groups is 1. The Morgan fingerprint density at radius 2 is 2.04 bits per heavy atom. The minimum absolute atomic E-state index is 0.158. The number of H-pyrrole nitrogens is 1. The van der Waals surface area contributed by atoms with Gasteiger partial charge in [-0.05, 0) is 26.2 Å². The summed E-state index contributed by atoms with van der Waals surface area (Å²) in [5.74, 6) is -1.36. The monoisotopic (exact) mass is 320 g/mol. The van der Waals surface area contributed by atoms with Crippen LogP contribution in [0.3, 0.4) is 0 Å². The van der Waals surface area contributed by atoms with Crippen LogP contribution in [0.4, 0.5) is 4.39 Å². The van der Waals surface area contributed by atoms with Crippen molar-refractivity contribution in [3.05, 3.63) is 56.5 Å². The lowest BCUT2D eigenvalue weighted by atomic mass is 10.2. The molecule has 0 saturated carbocycles. The molecule has 0 fully saturated rings. The largest absolute Gasteiger partial charge is 0.493 e. The summed E-state index contributed by atoms with van der Waals surface area (Å²) in [5.41, 5.74) is -2.07. The molecule has 1 aromatic heterocycles. The standard InChI is InChI=1S/C15H17FN4O3/c1-19(2)8-7-17-9-10-13(21)18-15(23)20(14(10)22)12-6-4-3-5-11(12)16/h3-6,9,22H,7-8H2,1-2H3,(H,18,21,23). The van der Waals surface area contributed by atoms with Gasteiger partial charge in [-0.3, -0.25) is 14.8 Å². The Morgan fingerprint density at radius 1 is 1.35 bits per heavy atom. The molecule has 2 rings (SSSR count). The van der Waals surface area contributed by atoms with Gasteiger partial charge in [0.2, 0.25) is 5.88 Å². The molecule has 0 amide bonds. The number of aromatic nitrogens is 2. The first-order chi connectivity index (χ1) is 10.9. The summed E-state index contributed by atoms with van der Waals surface area (Å²) >= 11 is 0. The molecule has 0 radical (unpaired) electrons. The Bertz CT molecular complexity index is 839. The predicted octanol–water partition coefficient (Wildman–Crippen LogP) is 0.351. The van der Waals surface area contributed by atoms with E-state index in [0.29, 0.717) is 17.7 Å². The van der Waals surface area contributed by atoms with E-state index in [1.54, 1.807) is 0 Å². The Labute approximate surface area is 131 Å². The SMILES string of the molecule is CN(C)CCN=Cc1c(O)n(-c2ccccc2F)c(=O)[nH]c1=O. The molecular weight excluding hydrogens is 303 g/mol. The average Bonchev–Trinajstić information content (AvgIpc) is 2.47. The van der Waals surface area contributed by atoms with Crippen molar-refractivity contribution in [1.29, 1.82) is 0 Å². The summed E-state index contributed by atoms with van der Waals surface area (Å²) in [4.78, 5) is 31.7. The van der Waals surface area contributed by atoms with Crippen molar-refractivity contribution in [2.45, 2.75) is 0 Å². The van der Waals surface area contributed by atoms with Gasteiger partial charge in [-0.25, -0.2) is 13.8 Å². The molecule has 0 aliphatic heterocycles. The van der Waals surface area contributed by atoms with Crippen molar-refractivity contribution in [3.8, 4) is 11.6 Å². The highest BCUT2D eigenvalue weighted by Gasteiger charge is 2.16. The molecule has 23 heavy (non-hydrogen) atoms. The van der Waals surface area contributed by atoms with Crippen LogP contribution < -0.4 is 11.2 Å². The second-order valence-electron chi connectivity index (χ2n) is 5.12. The second-order valence-corrected chi connectivity index (χ2v) is 5.12. The maximum absolute atomic E-state index is 13.9. The van der Waals surface area contributed by atoms with E-state index in [2.05, 4.69) is 4.99 Å². The first-order valence-corrected chi connectivity index (χ1v) is 6.89. The number of benzene rings is 1. The van der Waals surface area contributed by atoms with Gasteiger partial charge in [0.1, 0.15) is 11.4 Å². The zero-order valence-corrected chi connectivity index (χ0v) is 12.8. The van der Waals surface area contributed by atoms with E-state index in [4.69, 9.17) is 0 Å². The summed E-state index contributed by atoms with van der Waals surface area (Å²) in [6, 6.07) is 5.44. The lowest BCUT2D eigenvalue weighted by Gasteiger charge is -2.10. The predicted molar refractivity (Wildman–Crippen MR) is 85.3 cm³/mol. The third kappa shape index (κ3) is 3.72. The molecule has 0 aliphatic rings. The minimum Gasteiger partial charge on any atom is -0.493 e. The minimum atomic E-state index is -0.928. The van der Waals surface area contributed by atoms with Crippen molar-refractivity contribution < 1.29 is 9.50 Å². The zero-order chi connectivity index (χ0) is 17.0. The highest BCUT2D eigenvalue weighted by molar-refractivity contribution is 5.82. The molecule has 2 N–H and O–H groups in total. The van der Waals surface area contributed by atoms with Gasteiger partial charge < -0.3 is 10.0 Å². The molecule has 0 spiro atoms. The molecule has 0 unspecified atom stereocenters. The average molecular weight is 320 g/mol. The van der Waals surface area contributed by atoms with Crippen LogP contribution in [0.1, 0.15) is 5.56 Å². The summed E-state index contributed by atoms with van der Waals surface area (Å²) < 4.78 is 14.6. The number of hydrogen-bond donors (Lipinski definition) is 2. The topological polar surface area (TPSA) is 90.7 Å². The molecular formula is C15H17FN4O3. The highest BCUT2D eigenvalue weighted by atomic mass is 19.1. The van der Waals surface area contributed by atoms with Crippen molar-refractivity contribution in [2.24, 2.45) is 4.99 Å². The van der Waals surface area contributed by atoms with E-state index in [0.717, 1.165) is 6.07 Å².